The quantitative estimate of drug-likeness (QED) is 0.375. The van der Waals surface area contributed by atoms with Gasteiger partial charge in [0, 0.05) is 44.1 Å². The highest BCUT2D eigenvalue weighted by Crippen LogP contribution is 2.35. The van der Waals surface area contributed by atoms with E-state index in [1.54, 1.807) is 29.1 Å². The molecule has 1 saturated heterocycles. The van der Waals surface area contributed by atoms with Crippen molar-refractivity contribution in [3.63, 3.8) is 0 Å². The minimum Gasteiger partial charge on any atom is -0.461 e. The smallest absolute Gasteiger partial charge is 0.272 e. The first kappa shape index (κ1) is 20.6. The van der Waals surface area contributed by atoms with E-state index in [0.29, 0.717) is 34.7 Å². The van der Waals surface area contributed by atoms with Crippen molar-refractivity contribution < 1.29 is 13.9 Å². The van der Waals surface area contributed by atoms with Crippen molar-refractivity contribution in [3.8, 4) is 34.5 Å². The largest absolute Gasteiger partial charge is 0.461 e. The predicted molar refractivity (Wildman–Crippen MR) is 129 cm³/mol. The Labute approximate surface area is 205 Å². The highest BCUT2D eigenvalue weighted by atomic mass is 16.7. The first-order chi connectivity index (χ1) is 17.7. The summed E-state index contributed by atoms with van der Waals surface area (Å²) in [7, 11) is 0. The van der Waals surface area contributed by atoms with Crippen molar-refractivity contribution >= 4 is 17.4 Å². The van der Waals surface area contributed by atoms with Gasteiger partial charge in [-0.3, -0.25) is 0 Å². The molecule has 0 aliphatic carbocycles. The molecule has 36 heavy (non-hydrogen) atoms. The van der Waals surface area contributed by atoms with E-state index in [0.717, 1.165) is 49.1 Å². The molecule has 0 spiro atoms. The van der Waals surface area contributed by atoms with E-state index in [-0.39, 0.29) is 6.79 Å². The Morgan fingerprint density at radius 3 is 2.61 bits per heavy atom. The average Bonchev–Trinajstić information content (AvgIpc) is 3.69. The molecule has 0 amide bonds. The summed E-state index contributed by atoms with van der Waals surface area (Å²) in [5.41, 5.74) is 3.21. The molecule has 0 unspecified atom stereocenters. The van der Waals surface area contributed by atoms with Crippen molar-refractivity contribution in [2.45, 2.75) is 6.92 Å². The Kier molecular flexibility index (Phi) is 4.69. The summed E-state index contributed by atoms with van der Waals surface area (Å²) in [5, 5.41) is 13.2. The van der Waals surface area contributed by atoms with Gasteiger partial charge in [-0.05, 0) is 37.3 Å². The summed E-state index contributed by atoms with van der Waals surface area (Å²) in [5.74, 6) is 3.68. The molecule has 5 aromatic rings. The standard InChI is InChI=1S/C24H21N9O3/c1-15-21(28-29-24-27-22(30-33(15)24)19-3-2-12-34-19)17-6-7-25-23(26-17)32-10-8-31(9-11-32)16-4-5-18-20(13-16)36-14-35-18/h2-7,12-13H,8-11,14H2,1H3. The minimum absolute atomic E-state index is 0.277. The zero-order valence-electron chi connectivity index (χ0n) is 19.4. The summed E-state index contributed by atoms with van der Waals surface area (Å²) in [6, 6.07) is 11.5. The van der Waals surface area contributed by atoms with Crippen molar-refractivity contribution in [1.82, 2.24) is 34.8 Å². The SMILES string of the molecule is Cc1c(-c2ccnc(N3CCN(c4ccc5c(c4)OCO5)CC3)n2)nnc2nc(-c3ccco3)nn12. The van der Waals surface area contributed by atoms with Gasteiger partial charge >= 0.3 is 0 Å². The topological polar surface area (TPSA) is 120 Å². The fourth-order valence-corrected chi connectivity index (χ4v) is 4.49. The maximum atomic E-state index is 5.53. The third kappa shape index (κ3) is 3.45. The number of anilines is 2. The molecule has 0 bridgehead atoms. The lowest BCUT2D eigenvalue weighted by atomic mass is 10.2. The molecule has 1 aromatic carbocycles. The van der Waals surface area contributed by atoms with Gasteiger partial charge in [0.25, 0.3) is 5.78 Å². The molecule has 12 nitrogen and oxygen atoms in total. The molecule has 4 aromatic heterocycles. The van der Waals surface area contributed by atoms with Gasteiger partial charge in [-0.15, -0.1) is 15.3 Å². The van der Waals surface area contributed by atoms with Crippen molar-refractivity contribution in [1.29, 1.82) is 0 Å². The third-order valence-corrected chi connectivity index (χ3v) is 6.40. The van der Waals surface area contributed by atoms with Crippen LogP contribution in [0, 0.1) is 6.92 Å². The molecule has 180 valence electrons. The average molecular weight is 483 g/mol. The summed E-state index contributed by atoms with van der Waals surface area (Å²) >= 11 is 0. The first-order valence-electron chi connectivity index (χ1n) is 11.6. The molecule has 6 heterocycles. The zero-order chi connectivity index (χ0) is 24.1. The van der Waals surface area contributed by atoms with E-state index in [1.165, 1.54) is 0 Å². The number of benzene rings is 1. The molecule has 0 N–H and O–H groups in total. The second-order valence-electron chi connectivity index (χ2n) is 8.51. The number of furan rings is 1. The van der Waals surface area contributed by atoms with E-state index < -0.39 is 0 Å². The zero-order valence-corrected chi connectivity index (χ0v) is 19.4. The minimum atomic E-state index is 0.277. The number of fused-ring (bicyclic) bond motifs is 2. The highest BCUT2D eigenvalue weighted by molar-refractivity contribution is 5.61. The Morgan fingerprint density at radius 2 is 1.75 bits per heavy atom. The fourth-order valence-electron chi connectivity index (χ4n) is 4.49. The van der Waals surface area contributed by atoms with Crippen molar-refractivity contribution in [2.75, 3.05) is 42.8 Å². The van der Waals surface area contributed by atoms with E-state index in [2.05, 4.69) is 41.1 Å². The van der Waals surface area contributed by atoms with Crippen molar-refractivity contribution in [3.05, 3.63) is 54.6 Å². The Hall–Kier alpha value is -4.74. The fraction of sp³-hybridized carbons (Fsp3) is 0.250. The van der Waals surface area contributed by atoms with Gasteiger partial charge in [-0.1, -0.05) is 0 Å². The highest BCUT2D eigenvalue weighted by Gasteiger charge is 2.23. The van der Waals surface area contributed by atoms with E-state index in [9.17, 15) is 0 Å². The molecule has 7 rings (SSSR count). The Balaban J connectivity index is 1.12. The molecular formula is C24H21N9O3. The second kappa shape index (κ2) is 8.18. The summed E-state index contributed by atoms with van der Waals surface area (Å²) in [6.45, 7) is 5.45. The van der Waals surface area contributed by atoms with Crippen molar-refractivity contribution in [2.24, 2.45) is 0 Å². The van der Waals surface area contributed by atoms with Crippen LogP contribution in [0.2, 0.25) is 0 Å². The molecule has 0 atom stereocenters. The normalized spacial score (nSPS) is 15.1. The molecule has 12 heteroatoms. The number of rotatable bonds is 4. The maximum absolute atomic E-state index is 5.53. The van der Waals surface area contributed by atoms with Crippen LogP contribution in [0.25, 0.3) is 28.8 Å². The predicted octanol–water partition coefficient (Wildman–Crippen LogP) is 2.60. The number of hydrogen-bond acceptors (Lipinski definition) is 11. The van der Waals surface area contributed by atoms with Gasteiger partial charge in [-0.25, -0.2) is 9.97 Å². The summed E-state index contributed by atoms with van der Waals surface area (Å²) < 4.78 is 18.0. The Morgan fingerprint density at radius 1 is 0.889 bits per heavy atom. The Bertz CT molecular complexity index is 1560. The van der Waals surface area contributed by atoms with Crippen LogP contribution in [0.3, 0.4) is 0 Å². The van der Waals surface area contributed by atoms with Crippen LogP contribution < -0.4 is 19.3 Å². The number of aromatic nitrogens is 7. The van der Waals surface area contributed by atoms with Crippen LogP contribution in [0.5, 0.6) is 11.5 Å². The molecule has 2 aliphatic heterocycles. The third-order valence-electron chi connectivity index (χ3n) is 6.40. The van der Waals surface area contributed by atoms with Crippen LogP contribution >= 0.6 is 0 Å². The molecule has 2 aliphatic rings. The van der Waals surface area contributed by atoms with Gasteiger partial charge in [-0.2, -0.15) is 9.50 Å². The van der Waals surface area contributed by atoms with E-state index in [4.69, 9.17) is 18.9 Å². The lowest BCUT2D eigenvalue weighted by Gasteiger charge is -2.36. The maximum Gasteiger partial charge on any atom is 0.272 e. The molecule has 0 saturated carbocycles. The number of hydrogen-bond donors (Lipinski definition) is 0. The lowest BCUT2D eigenvalue weighted by molar-refractivity contribution is 0.174. The molecule has 0 radical (unpaired) electrons. The van der Waals surface area contributed by atoms with Crippen LogP contribution in [-0.4, -0.2) is 67.7 Å². The molecular weight excluding hydrogens is 462 g/mol. The van der Waals surface area contributed by atoms with Crippen LogP contribution in [-0.2, 0) is 0 Å². The number of piperazine rings is 1. The van der Waals surface area contributed by atoms with E-state index >= 15 is 0 Å². The lowest BCUT2D eigenvalue weighted by Crippen LogP contribution is -2.47. The summed E-state index contributed by atoms with van der Waals surface area (Å²) in [4.78, 5) is 18.3. The molecule has 1 fully saturated rings. The van der Waals surface area contributed by atoms with Gasteiger partial charge in [0.1, 0.15) is 5.69 Å². The second-order valence-corrected chi connectivity index (χ2v) is 8.51. The monoisotopic (exact) mass is 483 g/mol. The van der Waals surface area contributed by atoms with Crippen LogP contribution in [0.4, 0.5) is 11.6 Å². The number of aryl methyl sites for hydroxylation is 1. The summed E-state index contributed by atoms with van der Waals surface area (Å²) in [6.07, 6.45) is 3.34. The van der Waals surface area contributed by atoms with Gasteiger partial charge in [0.2, 0.25) is 18.6 Å². The number of ether oxygens (including phenoxy) is 2. The van der Waals surface area contributed by atoms with Gasteiger partial charge < -0.3 is 23.7 Å². The van der Waals surface area contributed by atoms with Gasteiger partial charge in [0.15, 0.2) is 17.3 Å². The first-order valence-corrected chi connectivity index (χ1v) is 11.6. The van der Waals surface area contributed by atoms with Crippen LogP contribution in [0.1, 0.15) is 5.69 Å². The van der Waals surface area contributed by atoms with Crippen LogP contribution in [0.15, 0.2) is 53.3 Å². The number of nitrogens with zero attached hydrogens (tertiary/aromatic N) is 9. The van der Waals surface area contributed by atoms with Gasteiger partial charge in [0.05, 0.1) is 17.7 Å². The van der Waals surface area contributed by atoms with E-state index in [1.807, 2.05) is 25.1 Å².